The van der Waals surface area contributed by atoms with Crippen LogP contribution in [0.25, 0.3) is 0 Å². The van der Waals surface area contributed by atoms with Crippen molar-refractivity contribution in [1.29, 1.82) is 0 Å². The van der Waals surface area contributed by atoms with E-state index >= 15 is 0 Å². The predicted molar refractivity (Wildman–Crippen MR) is 78.0 cm³/mol. The molecule has 2 aliphatic rings. The van der Waals surface area contributed by atoms with Crippen molar-refractivity contribution in [3.8, 4) is 0 Å². The molecule has 0 spiro atoms. The zero-order valence-electron chi connectivity index (χ0n) is 12.5. The van der Waals surface area contributed by atoms with Gasteiger partial charge in [-0.05, 0) is 72.1 Å². The summed E-state index contributed by atoms with van der Waals surface area (Å²) >= 11 is 0. The van der Waals surface area contributed by atoms with E-state index < -0.39 is 0 Å². The van der Waals surface area contributed by atoms with Crippen LogP contribution in [0.15, 0.2) is 0 Å². The fourth-order valence-corrected chi connectivity index (χ4v) is 3.60. The number of likely N-dealkylation sites (tertiary alicyclic amines) is 2. The van der Waals surface area contributed by atoms with E-state index in [4.69, 9.17) is 0 Å². The van der Waals surface area contributed by atoms with Gasteiger partial charge in [-0.15, -0.1) is 0 Å². The summed E-state index contributed by atoms with van der Waals surface area (Å²) in [5.41, 5.74) is 0. The molecule has 2 aliphatic heterocycles. The lowest BCUT2D eigenvalue weighted by molar-refractivity contribution is 0.168. The second-order valence-electron chi connectivity index (χ2n) is 6.53. The molecule has 3 heteroatoms. The third-order valence-corrected chi connectivity index (χ3v) is 4.65. The van der Waals surface area contributed by atoms with E-state index in [0.717, 1.165) is 5.92 Å². The van der Waals surface area contributed by atoms with Crippen LogP contribution in [0.5, 0.6) is 0 Å². The predicted octanol–water partition coefficient (Wildman–Crippen LogP) is 1.79. The minimum absolute atomic E-state index is 0.630. The van der Waals surface area contributed by atoms with Gasteiger partial charge in [0.2, 0.25) is 0 Å². The minimum Gasteiger partial charge on any atom is -0.310 e. The highest BCUT2D eigenvalue weighted by atomic mass is 15.2. The van der Waals surface area contributed by atoms with Gasteiger partial charge in [-0.2, -0.15) is 0 Å². The molecule has 18 heavy (non-hydrogen) atoms. The lowest BCUT2D eigenvalue weighted by Crippen LogP contribution is -2.48. The topological polar surface area (TPSA) is 18.5 Å². The number of hydrogen-bond acceptors (Lipinski definition) is 3. The molecule has 3 unspecified atom stereocenters. The molecule has 2 fully saturated rings. The maximum atomic E-state index is 3.83. The van der Waals surface area contributed by atoms with Gasteiger partial charge in [-0.25, -0.2) is 0 Å². The maximum absolute atomic E-state index is 3.83. The van der Waals surface area contributed by atoms with Gasteiger partial charge in [-0.1, -0.05) is 0 Å². The molecule has 0 aromatic rings. The first-order chi connectivity index (χ1) is 8.65. The van der Waals surface area contributed by atoms with E-state index in [-0.39, 0.29) is 0 Å². The molecule has 0 amide bonds. The molecule has 0 bridgehead atoms. The lowest BCUT2D eigenvalue weighted by atomic mass is 9.91. The van der Waals surface area contributed by atoms with E-state index in [1.165, 1.54) is 58.4 Å². The van der Waals surface area contributed by atoms with Crippen LogP contribution < -0.4 is 5.32 Å². The van der Waals surface area contributed by atoms with Crippen molar-refractivity contribution < 1.29 is 0 Å². The Bertz CT molecular complexity index is 238. The van der Waals surface area contributed by atoms with Crippen LogP contribution in [0.3, 0.4) is 0 Å². The largest absolute Gasteiger partial charge is 0.310 e. The molecule has 0 saturated carbocycles. The highest BCUT2D eigenvalue weighted by Gasteiger charge is 2.24. The summed E-state index contributed by atoms with van der Waals surface area (Å²) in [6.07, 6.45) is 5.56. The van der Waals surface area contributed by atoms with Crippen LogP contribution in [-0.2, 0) is 0 Å². The van der Waals surface area contributed by atoms with Crippen molar-refractivity contribution in [2.45, 2.75) is 51.6 Å². The van der Waals surface area contributed by atoms with Crippen LogP contribution in [0.4, 0.5) is 0 Å². The number of hydrogen-bond donors (Lipinski definition) is 1. The number of rotatable bonds is 5. The van der Waals surface area contributed by atoms with Gasteiger partial charge in [-0.3, -0.25) is 0 Å². The van der Waals surface area contributed by atoms with Gasteiger partial charge in [0.1, 0.15) is 0 Å². The summed E-state index contributed by atoms with van der Waals surface area (Å²) in [5, 5.41) is 3.83. The third-order valence-electron chi connectivity index (χ3n) is 4.65. The van der Waals surface area contributed by atoms with Gasteiger partial charge in [0.25, 0.3) is 0 Å². The Morgan fingerprint density at radius 2 is 1.83 bits per heavy atom. The summed E-state index contributed by atoms with van der Waals surface area (Å²) in [6.45, 7) is 11.1. The first-order valence-corrected chi connectivity index (χ1v) is 7.82. The summed E-state index contributed by atoms with van der Waals surface area (Å²) in [6, 6.07) is 1.29. The first-order valence-electron chi connectivity index (χ1n) is 7.82. The fraction of sp³-hybridized carbons (Fsp3) is 1.00. The van der Waals surface area contributed by atoms with Crippen LogP contribution in [0.2, 0.25) is 0 Å². The Balaban J connectivity index is 1.70. The van der Waals surface area contributed by atoms with E-state index in [1.807, 2.05) is 0 Å². The van der Waals surface area contributed by atoms with E-state index in [0.29, 0.717) is 12.1 Å². The zero-order valence-corrected chi connectivity index (χ0v) is 12.5. The molecule has 0 aliphatic carbocycles. The van der Waals surface area contributed by atoms with Crippen molar-refractivity contribution in [3.63, 3.8) is 0 Å². The fourth-order valence-electron chi connectivity index (χ4n) is 3.60. The molecule has 2 heterocycles. The minimum atomic E-state index is 0.630. The van der Waals surface area contributed by atoms with Crippen LogP contribution >= 0.6 is 0 Å². The molecular formula is C15H31N3. The molecular weight excluding hydrogens is 222 g/mol. The maximum Gasteiger partial charge on any atom is 0.0169 e. The Hall–Kier alpha value is -0.120. The zero-order chi connectivity index (χ0) is 13.0. The molecule has 3 nitrogen and oxygen atoms in total. The van der Waals surface area contributed by atoms with Crippen molar-refractivity contribution in [2.24, 2.45) is 5.92 Å². The third kappa shape index (κ3) is 4.22. The standard InChI is InChI=1S/C15H31N3/c1-13(11-18-9-4-5-10-18)16-14(2)15-7-6-8-17(3)12-15/h13-16H,4-12H2,1-3H3. The van der Waals surface area contributed by atoms with Crippen LogP contribution in [0, 0.1) is 5.92 Å². The molecule has 1 N–H and O–H groups in total. The number of nitrogens with one attached hydrogen (secondary N) is 1. The molecule has 3 atom stereocenters. The Morgan fingerprint density at radius 3 is 2.50 bits per heavy atom. The van der Waals surface area contributed by atoms with Gasteiger partial charge in [0.05, 0.1) is 0 Å². The number of piperidine rings is 1. The van der Waals surface area contributed by atoms with Crippen molar-refractivity contribution >= 4 is 0 Å². The second kappa shape index (κ2) is 6.88. The molecule has 0 radical (unpaired) electrons. The highest BCUT2D eigenvalue weighted by Crippen LogP contribution is 2.19. The second-order valence-corrected chi connectivity index (χ2v) is 6.53. The van der Waals surface area contributed by atoms with Gasteiger partial charge < -0.3 is 15.1 Å². The highest BCUT2D eigenvalue weighted by molar-refractivity contribution is 4.82. The molecule has 0 aromatic heterocycles. The summed E-state index contributed by atoms with van der Waals surface area (Å²) in [7, 11) is 2.26. The van der Waals surface area contributed by atoms with Crippen molar-refractivity contribution in [1.82, 2.24) is 15.1 Å². The Morgan fingerprint density at radius 1 is 1.11 bits per heavy atom. The van der Waals surface area contributed by atoms with Crippen molar-refractivity contribution in [2.75, 3.05) is 39.8 Å². The average Bonchev–Trinajstić information content (AvgIpc) is 2.81. The molecule has 106 valence electrons. The Labute approximate surface area is 113 Å². The average molecular weight is 253 g/mol. The van der Waals surface area contributed by atoms with Gasteiger partial charge in [0.15, 0.2) is 0 Å². The SMILES string of the molecule is CC(CN1CCCC1)NC(C)C1CCCN(C)C1. The van der Waals surface area contributed by atoms with E-state index in [1.54, 1.807) is 0 Å². The quantitative estimate of drug-likeness (QED) is 0.806. The summed E-state index contributed by atoms with van der Waals surface area (Å²) in [5.74, 6) is 0.838. The summed E-state index contributed by atoms with van der Waals surface area (Å²) in [4.78, 5) is 5.09. The van der Waals surface area contributed by atoms with Crippen LogP contribution in [-0.4, -0.2) is 61.7 Å². The Kier molecular flexibility index (Phi) is 5.46. The normalized spacial score (nSPS) is 30.5. The smallest absolute Gasteiger partial charge is 0.0169 e. The van der Waals surface area contributed by atoms with E-state index in [2.05, 4.69) is 36.0 Å². The van der Waals surface area contributed by atoms with Gasteiger partial charge >= 0.3 is 0 Å². The van der Waals surface area contributed by atoms with Crippen LogP contribution in [0.1, 0.15) is 39.5 Å². The molecule has 2 rings (SSSR count). The molecule has 2 saturated heterocycles. The van der Waals surface area contributed by atoms with E-state index in [9.17, 15) is 0 Å². The lowest BCUT2D eigenvalue weighted by Gasteiger charge is -2.35. The van der Waals surface area contributed by atoms with Crippen molar-refractivity contribution in [3.05, 3.63) is 0 Å². The van der Waals surface area contributed by atoms with Gasteiger partial charge in [0, 0.05) is 25.2 Å². The number of nitrogens with zero attached hydrogens (tertiary/aromatic N) is 2. The monoisotopic (exact) mass is 253 g/mol. The first kappa shape index (κ1) is 14.3. The summed E-state index contributed by atoms with van der Waals surface area (Å²) < 4.78 is 0. The molecule has 0 aromatic carbocycles.